The molecular formula is C8H10N2O. The zero-order valence-electron chi connectivity index (χ0n) is 6.25. The van der Waals surface area contributed by atoms with Crippen LogP contribution in [0, 0.1) is 11.3 Å². The maximum atomic E-state index is 8.50. The maximum Gasteiger partial charge on any atom is 0.182 e. The van der Waals surface area contributed by atoms with Crippen LogP contribution >= 0.6 is 0 Å². The lowest BCUT2D eigenvalue weighted by molar-refractivity contribution is 0.319. The third-order valence-electron chi connectivity index (χ3n) is 1.80. The summed E-state index contributed by atoms with van der Waals surface area (Å²) in [6, 6.07) is 1.85. The summed E-state index contributed by atoms with van der Waals surface area (Å²) in [5.74, 6) is 0. The lowest BCUT2D eigenvalue weighted by Crippen LogP contribution is -2.03. The van der Waals surface area contributed by atoms with E-state index in [0.717, 1.165) is 24.8 Å². The van der Waals surface area contributed by atoms with Gasteiger partial charge in [0.15, 0.2) is 5.71 Å². The van der Waals surface area contributed by atoms with Crippen LogP contribution in [0.15, 0.2) is 16.8 Å². The molecule has 58 valence electrons. The summed E-state index contributed by atoms with van der Waals surface area (Å²) in [7, 11) is 0. The van der Waals surface area contributed by atoms with Gasteiger partial charge in [0.05, 0.1) is 0 Å². The second kappa shape index (κ2) is 3.77. The van der Waals surface area contributed by atoms with Gasteiger partial charge in [0.1, 0.15) is 6.07 Å². The smallest absolute Gasteiger partial charge is 0.182 e. The van der Waals surface area contributed by atoms with Crippen molar-refractivity contribution in [3.05, 3.63) is 11.6 Å². The normalized spacial score (nSPS) is 18.8. The number of nitrogens with zero attached hydrogens (tertiary/aromatic N) is 2. The molecule has 0 heterocycles. The first-order chi connectivity index (χ1) is 5.38. The van der Waals surface area contributed by atoms with Gasteiger partial charge < -0.3 is 5.21 Å². The van der Waals surface area contributed by atoms with Crippen LogP contribution in [0.5, 0.6) is 0 Å². The van der Waals surface area contributed by atoms with Crippen molar-refractivity contribution in [2.24, 2.45) is 5.16 Å². The molecule has 0 saturated heterocycles. The van der Waals surface area contributed by atoms with Crippen LogP contribution in [0.3, 0.4) is 0 Å². The Bertz CT molecular complexity index is 235. The molecule has 0 aromatic carbocycles. The van der Waals surface area contributed by atoms with Crippen molar-refractivity contribution < 1.29 is 5.21 Å². The van der Waals surface area contributed by atoms with Crippen LogP contribution in [0.4, 0.5) is 0 Å². The van der Waals surface area contributed by atoms with E-state index < -0.39 is 0 Å². The quantitative estimate of drug-likeness (QED) is 0.352. The Morgan fingerprint density at radius 3 is 2.91 bits per heavy atom. The van der Waals surface area contributed by atoms with Crippen molar-refractivity contribution in [2.45, 2.75) is 25.7 Å². The molecule has 0 atom stereocenters. The summed E-state index contributed by atoms with van der Waals surface area (Å²) in [4.78, 5) is 0. The molecule has 3 nitrogen and oxygen atoms in total. The van der Waals surface area contributed by atoms with Crippen LogP contribution in [0.2, 0.25) is 0 Å². The van der Waals surface area contributed by atoms with Crippen LogP contribution < -0.4 is 0 Å². The molecule has 0 aromatic heterocycles. The van der Waals surface area contributed by atoms with Crippen molar-refractivity contribution in [1.82, 2.24) is 0 Å². The molecular weight excluding hydrogens is 140 g/mol. The second-order valence-electron chi connectivity index (χ2n) is 2.54. The maximum absolute atomic E-state index is 8.50. The van der Waals surface area contributed by atoms with E-state index in [1.54, 1.807) is 0 Å². The summed E-state index contributed by atoms with van der Waals surface area (Å²) >= 11 is 0. The predicted octanol–water partition coefficient (Wildman–Crippen LogP) is 1.84. The zero-order valence-corrected chi connectivity index (χ0v) is 6.25. The molecule has 1 aliphatic rings. The van der Waals surface area contributed by atoms with Crippen LogP contribution in [-0.4, -0.2) is 10.9 Å². The fourth-order valence-electron chi connectivity index (χ4n) is 1.21. The highest BCUT2D eigenvalue weighted by molar-refractivity contribution is 6.10. The Morgan fingerprint density at radius 1 is 1.64 bits per heavy atom. The molecule has 0 unspecified atom stereocenters. The van der Waals surface area contributed by atoms with Crippen LogP contribution in [-0.2, 0) is 0 Å². The van der Waals surface area contributed by atoms with Gasteiger partial charge >= 0.3 is 0 Å². The van der Waals surface area contributed by atoms with E-state index in [4.69, 9.17) is 10.5 Å². The summed E-state index contributed by atoms with van der Waals surface area (Å²) in [6.45, 7) is 0. The fraction of sp³-hybridized carbons (Fsp3) is 0.500. The predicted molar refractivity (Wildman–Crippen MR) is 41.4 cm³/mol. The number of allylic oxidation sites excluding steroid dienone is 2. The molecule has 0 spiro atoms. The molecule has 0 bridgehead atoms. The van der Waals surface area contributed by atoms with Crippen LogP contribution in [0.1, 0.15) is 25.7 Å². The Kier molecular flexibility index (Phi) is 2.67. The van der Waals surface area contributed by atoms with Crippen LogP contribution in [0.25, 0.3) is 0 Å². The average molecular weight is 150 g/mol. The first kappa shape index (κ1) is 7.80. The van der Waals surface area contributed by atoms with Crippen molar-refractivity contribution in [3.63, 3.8) is 0 Å². The third kappa shape index (κ3) is 1.81. The zero-order chi connectivity index (χ0) is 8.10. The minimum Gasteiger partial charge on any atom is -0.410 e. The molecule has 0 aliphatic heterocycles. The van der Waals surface area contributed by atoms with E-state index in [9.17, 15) is 0 Å². The highest BCUT2D eigenvalue weighted by Gasteiger charge is 2.09. The largest absolute Gasteiger partial charge is 0.410 e. The first-order valence-corrected chi connectivity index (χ1v) is 3.70. The standard InChI is InChI=1S/C8H10N2O/c9-6-8(10-11)7-4-2-1-3-5-7/h4,11H,1-3,5H2/b10-8+. The summed E-state index contributed by atoms with van der Waals surface area (Å²) in [5.41, 5.74) is 1.06. The molecule has 0 aromatic rings. The minimum absolute atomic E-state index is 0.171. The topological polar surface area (TPSA) is 56.4 Å². The van der Waals surface area contributed by atoms with Gasteiger partial charge in [-0.3, -0.25) is 0 Å². The average Bonchev–Trinajstić information content (AvgIpc) is 2.09. The molecule has 0 radical (unpaired) electrons. The Labute approximate surface area is 65.6 Å². The van der Waals surface area contributed by atoms with Gasteiger partial charge in [-0.1, -0.05) is 11.2 Å². The SMILES string of the molecule is N#C/C(=N\O)C1=CCCCC1. The van der Waals surface area contributed by atoms with E-state index in [2.05, 4.69) is 5.16 Å². The van der Waals surface area contributed by atoms with Gasteiger partial charge in [-0.25, -0.2) is 0 Å². The lowest BCUT2D eigenvalue weighted by Gasteiger charge is -2.08. The number of hydrogen-bond donors (Lipinski definition) is 1. The molecule has 0 fully saturated rings. The van der Waals surface area contributed by atoms with Crippen molar-refractivity contribution in [2.75, 3.05) is 0 Å². The Balaban J connectivity index is 2.74. The van der Waals surface area contributed by atoms with Crippen molar-refractivity contribution >= 4 is 5.71 Å². The number of rotatable bonds is 1. The van der Waals surface area contributed by atoms with Gasteiger partial charge in [0.25, 0.3) is 0 Å². The summed E-state index contributed by atoms with van der Waals surface area (Å²) < 4.78 is 0. The van der Waals surface area contributed by atoms with E-state index in [1.807, 2.05) is 12.1 Å². The molecule has 3 heteroatoms. The number of hydrogen-bond acceptors (Lipinski definition) is 3. The highest BCUT2D eigenvalue weighted by atomic mass is 16.4. The van der Waals surface area contributed by atoms with Gasteiger partial charge in [-0.2, -0.15) is 5.26 Å². The molecule has 1 aliphatic carbocycles. The first-order valence-electron chi connectivity index (χ1n) is 3.70. The number of oxime groups is 1. The molecule has 1 N–H and O–H groups in total. The van der Waals surface area contributed by atoms with E-state index >= 15 is 0 Å². The summed E-state index contributed by atoms with van der Waals surface area (Å²) in [6.07, 6.45) is 6.10. The monoisotopic (exact) mass is 150 g/mol. The van der Waals surface area contributed by atoms with E-state index in [1.165, 1.54) is 6.42 Å². The van der Waals surface area contributed by atoms with Gasteiger partial charge in [-0.15, -0.1) is 0 Å². The third-order valence-corrected chi connectivity index (χ3v) is 1.80. The Morgan fingerprint density at radius 2 is 2.45 bits per heavy atom. The number of nitriles is 1. The van der Waals surface area contributed by atoms with Crippen molar-refractivity contribution in [3.8, 4) is 6.07 Å². The molecule has 11 heavy (non-hydrogen) atoms. The molecule has 0 saturated carbocycles. The summed E-state index contributed by atoms with van der Waals surface area (Å²) in [5, 5.41) is 19.8. The van der Waals surface area contributed by atoms with E-state index in [0.29, 0.717) is 0 Å². The van der Waals surface area contributed by atoms with Gasteiger partial charge in [0.2, 0.25) is 0 Å². The molecule has 0 amide bonds. The lowest BCUT2D eigenvalue weighted by atomic mass is 9.97. The van der Waals surface area contributed by atoms with Gasteiger partial charge in [-0.05, 0) is 31.3 Å². The fourth-order valence-corrected chi connectivity index (χ4v) is 1.21. The highest BCUT2D eigenvalue weighted by Crippen LogP contribution is 2.18. The second-order valence-corrected chi connectivity index (χ2v) is 2.54. The van der Waals surface area contributed by atoms with Crippen molar-refractivity contribution in [1.29, 1.82) is 5.26 Å². The van der Waals surface area contributed by atoms with Gasteiger partial charge in [0, 0.05) is 0 Å². The minimum atomic E-state index is 0.171. The van der Waals surface area contributed by atoms with E-state index in [-0.39, 0.29) is 5.71 Å². The molecule has 1 rings (SSSR count). The Hall–Kier alpha value is -1.30.